The van der Waals surface area contributed by atoms with Crippen molar-refractivity contribution in [3.8, 4) is 40.6 Å². The quantitative estimate of drug-likeness (QED) is 0.351. The lowest BCUT2D eigenvalue weighted by molar-refractivity contribution is -0.348. The van der Waals surface area contributed by atoms with Gasteiger partial charge in [-0.05, 0) is 67.9 Å². The van der Waals surface area contributed by atoms with Crippen LogP contribution >= 0.6 is 0 Å². The van der Waals surface area contributed by atoms with E-state index in [1.807, 2.05) is 31.1 Å². The Hall–Kier alpha value is -3.77. The standard InChI is InChI=1S/C33H37NO12/c1-6-7-24-40-13-23-31(45-24)29(36)27(34(2)3)33(44-23)46-30-17-11-20-19(42-14-43-20)10-16(17)25(26-18(30)12-41-32(26)37)15-8-21(38-4)28(35)22(9-15)39-5/h8-11,18,23-27,29-31,33,35-36H,12-14H2,1-5H3/t18-,23+,24-,25+,26-,27+,29+,30+,31+,33-/m0/s1. The number of nitrogens with zero attached hydrogens (tertiary/aromatic N) is 1. The van der Waals surface area contributed by atoms with Crippen molar-refractivity contribution in [3.63, 3.8) is 0 Å². The predicted octanol–water partition coefficient (Wildman–Crippen LogP) is 1.91. The molecule has 0 aromatic heterocycles. The zero-order valence-corrected chi connectivity index (χ0v) is 26.1. The Bertz CT molecular complexity index is 1540. The lowest BCUT2D eigenvalue weighted by Crippen LogP contribution is -2.66. The normalized spacial score (nSPS) is 34.1. The maximum atomic E-state index is 13.6. The Morgan fingerprint density at radius 2 is 1.65 bits per heavy atom. The van der Waals surface area contributed by atoms with E-state index in [2.05, 4.69) is 11.8 Å². The molecule has 7 rings (SSSR count). The molecule has 4 heterocycles. The van der Waals surface area contributed by atoms with E-state index < -0.39 is 60.8 Å². The van der Waals surface area contributed by atoms with Gasteiger partial charge in [0.1, 0.15) is 18.3 Å². The number of benzene rings is 2. The van der Waals surface area contributed by atoms with Gasteiger partial charge >= 0.3 is 5.97 Å². The van der Waals surface area contributed by atoms with E-state index in [1.54, 1.807) is 19.1 Å². The van der Waals surface area contributed by atoms with Gasteiger partial charge in [0.05, 0.1) is 45.5 Å². The fraction of sp³-hybridized carbons (Fsp3) is 0.545. The van der Waals surface area contributed by atoms with E-state index in [0.29, 0.717) is 17.1 Å². The van der Waals surface area contributed by atoms with Gasteiger partial charge in [0.2, 0.25) is 18.8 Å². The highest BCUT2D eigenvalue weighted by Crippen LogP contribution is 2.57. The Labute approximate surface area is 266 Å². The number of fused-ring (bicyclic) bond motifs is 4. The number of rotatable bonds is 6. The van der Waals surface area contributed by atoms with Crippen molar-refractivity contribution in [2.75, 3.05) is 48.3 Å². The molecule has 4 aliphatic heterocycles. The molecule has 2 aromatic carbocycles. The third kappa shape index (κ3) is 5.00. The van der Waals surface area contributed by atoms with Gasteiger partial charge in [-0.25, -0.2) is 0 Å². The highest BCUT2D eigenvalue weighted by atomic mass is 16.7. The first-order valence-corrected chi connectivity index (χ1v) is 15.1. The summed E-state index contributed by atoms with van der Waals surface area (Å²) in [4.78, 5) is 15.4. The molecular weight excluding hydrogens is 602 g/mol. The second-order valence-electron chi connectivity index (χ2n) is 12.1. The second kappa shape index (κ2) is 12.1. The minimum absolute atomic E-state index is 0.0529. The van der Waals surface area contributed by atoms with Gasteiger partial charge < -0.3 is 52.8 Å². The Morgan fingerprint density at radius 1 is 0.957 bits per heavy atom. The molecule has 5 aliphatic rings. The van der Waals surface area contributed by atoms with Gasteiger partial charge in [0.25, 0.3) is 0 Å². The summed E-state index contributed by atoms with van der Waals surface area (Å²) in [6.45, 7) is 2.00. The molecule has 0 amide bonds. The summed E-state index contributed by atoms with van der Waals surface area (Å²) in [6.07, 6.45) is -4.70. The highest BCUT2D eigenvalue weighted by Gasteiger charge is 2.56. The number of esters is 1. The molecule has 3 fully saturated rings. The van der Waals surface area contributed by atoms with Crippen LogP contribution in [0.1, 0.15) is 35.6 Å². The minimum atomic E-state index is -0.995. The average Bonchev–Trinajstić information content (AvgIpc) is 3.67. The first kappa shape index (κ1) is 30.9. The van der Waals surface area contributed by atoms with E-state index in [9.17, 15) is 15.0 Å². The number of hydrogen-bond acceptors (Lipinski definition) is 13. The molecule has 13 heteroatoms. The Morgan fingerprint density at radius 3 is 2.30 bits per heavy atom. The molecule has 0 spiro atoms. The third-order valence-electron chi connectivity index (χ3n) is 9.45. The third-order valence-corrected chi connectivity index (χ3v) is 9.45. The van der Waals surface area contributed by atoms with Crippen molar-refractivity contribution in [2.24, 2.45) is 11.8 Å². The monoisotopic (exact) mass is 639 g/mol. The van der Waals surface area contributed by atoms with Crippen LogP contribution in [-0.2, 0) is 28.5 Å². The van der Waals surface area contributed by atoms with Crippen LogP contribution in [0.25, 0.3) is 0 Å². The van der Waals surface area contributed by atoms with Crippen molar-refractivity contribution in [2.45, 2.75) is 55.9 Å². The summed E-state index contributed by atoms with van der Waals surface area (Å²) in [7, 11) is 6.56. The number of cyclic esters (lactones) is 1. The molecular formula is C33H37NO12. The topological polar surface area (TPSA) is 144 Å². The molecule has 0 radical (unpaired) electrons. The number of aliphatic hydroxyl groups excluding tert-OH is 1. The Balaban J connectivity index is 1.31. The fourth-order valence-corrected chi connectivity index (χ4v) is 7.35. The first-order chi connectivity index (χ1) is 22.2. The van der Waals surface area contributed by atoms with Crippen LogP contribution < -0.4 is 18.9 Å². The molecule has 2 aromatic rings. The van der Waals surface area contributed by atoms with Crippen molar-refractivity contribution in [3.05, 3.63) is 41.0 Å². The summed E-state index contributed by atoms with van der Waals surface area (Å²) >= 11 is 0. The fourth-order valence-electron chi connectivity index (χ4n) is 7.35. The zero-order valence-electron chi connectivity index (χ0n) is 26.1. The summed E-state index contributed by atoms with van der Waals surface area (Å²) in [5.41, 5.74) is 2.19. The van der Waals surface area contributed by atoms with Crippen LogP contribution in [0, 0.1) is 23.7 Å². The molecule has 246 valence electrons. The molecule has 13 nitrogen and oxygen atoms in total. The number of phenolic OH excluding ortho intramolecular Hbond substituents is 1. The molecule has 0 bridgehead atoms. The van der Waals surface area contributed by atoms with Gasteiger partial charge in [-0.2, -0.15) is 0 Å². The van der Waals surface area contributed by atoms with Crippen molar-refractivity contribution in [1.29, 1.82) is 0 Å². The highest BCUT2D eigenvalue weighted by molar-refractivity contribution is 5.79. The van der Waals surface area contributed by atoms with Crippen molar-refractivity contribution < 1.29 is 57.6 Å². The molecule has 3 saturated heterocycles. The number of aromatic hydroxyl groups is 1. The minimum Gasteiger partial charge on any atom is -0.502 e. The summed E-state index contributed by atoms with van der Waals surface area (Å²) in [5.74, 6) is 4.94. The zero-order chi connectivity index (χ0) is 32.3. The number of carbonyl (C=O) groups excluding carboxylic acids is 1. The van der Waals surface area contributed by atoms with E-state index in [-0.39, 0.29) is 43.2 Å². The number of methoxy groups -OCH3 is 2. The number of carbonyl (C=O) groups is 1. The van der Waals surface area contributed by atoms with Crippen LogP contribution in [-0.4, -0.2) is 106 Å². The maximum absolute atomic E-state index is 13.6. The van der Waals surface area contributed by atoms with Gasteiger partial charge in [-0.3, -0.25) is 9.69 Å². The number of ether oxygens (including phenoxy) is 9. The van der Waals surface area contributed by atoms with Crippen LogP contribution in [0.3, 0.4) is 0 Å². The van der Waals surface area contributed by atoms with E-state index >= 15 is 0 Å². The Kier molecular flexibility index (Phi) is 8.12. The number of likely N-dealkylation sites (N-methyl/N-ethyl adjacent to an activating group) is 1. The molecule has 2 N–H and O–H groups in total. The molecule has 0 unspecified atom stereocenters. The molecule has 10 atom stereocenters. The van der Waals surface area contributed by atoms with E-state index in [1.165, 1.54) is 14.2 Å². The van der Waals surface area contributed by atoms with Crippen molar-refractivity contribution in [1.82, 2.24) is 4.90 Å². The van der Waals surface area contributed by atoms with E-state index in [0.717, 1.165) is 11.1 Å². The van der Waals surface area contributed by atoms with Crippen molar-refractivity contribution >= 4 is 5.97 Å². The maximum Gasteiger partial charge on any atom is 0.310 e. The second-order valence-corrected chi connectivity index (χ2v) is 12.1. The van der Waals surface area contributed by atoms with Crippen LogP contribution in [0.15, 0.2) is 24.3 Å². The smallest absolute Gasteiger partial charge is 0.310 e. The van der Waals surface area contributed by atoms with Crippen LogP contribution in [0.4, 0.5) is 0 Å². The SMILES string of the molecule is CC#C[C@H]1OC[C@H]2O[C@@H](O[C@@H]3c4cc5c(cc4[C@@H](c4cc(OC)c(O)c(OC)c4)[C@H]4C(=O)OC[C@@H]43)OCO5)[C@H](N(C)C)[C@@H](O)[C@@H]2O1. The van der Waals surface area contributed by atoms with Gasteiger partial charge in [-0.1, -0.05) is 0 Å². The summed E-state index contributed by atoms with van der Waals surface area (Å²) in [6, 6.07) is 6.49. The number of hydrogen-bond donors (Lipinski definition) is 2. The predicted molar refractivity (Wildman–Crippen MR) is 158 cm³/mol. The van der Waals surface area contributed by atoms with Gasteiger partial charge in [0, 0.05) is 11.8 Å². The first-order valence-electron chi connectivity index (χ1n) is 15.1. The van der Waals surface area contributed by atoms with Crippen LogP contribution in [0.2, 0.25) is 0 Å². The summed E-state index contributed by atoms with van der Waals surface area (Å²) in [5, 5.41) is 22.2. The van der Waals surface area contributed by atoms with Crippen LogP contribution in [0.5, 0.6) is 28.7 Å². The lowest BCUT2D eigenvalue weighted by Gasteiger charge is -2.50. The summed E-state index contributed by atoms with van der Waals surface area (Å²) < 4.78 is 53.2. The van der Waals surface area contributed by atoms with Gasteiger partial charge in [-0.15, -0.1) is 5.92 Å². The number of aliphatic hydroxyl groups is 1. The molecule has 46 heavy (non-hydrogen) atoms. The van der Waals surface area contributed by atoms with Gasteiger partial charge in [0.15, 0.2) is 29.3 Å². The molecule has 1 aliphatic carbocycles. The lowest BCUT2D eigenvalue weighted by atomic mass is 9.66. The van der Waals surface area contributed by atoms with E-state index in [4.69, 9.17) is 42.6 Å². The largest absolute Gasteiger partial charge is 0.502 e. The number of phenols is 1. The molecule has 0 saturated carbocycles. The average molecular weight is 640 g/mol.